The number of nitrogens with one attached hydrogen (secondary N) is 2. The van der Waals surface area contributed by atoms with Crippen LogP contribution in [-0.2, 0) is 11.2 Å². The number of amides is 1. The number of likely N-dealkylation sites (N-methyl/N-ethyl adjacent to an activating group) is 1. The Bertz CT molecular complexity index is 685. The number of carbonyl (C=O) groups excluding carboxylic acids is 1. The number of fused-ring (bicyclic) bond motifs is 1. The number of hydrazine groups is 1. The van der Waals surface area contributed by atoms with Crippen molar-refractivity contribution in [2.45, 2.75) is 20.3 Å². The molecule has 0 atom stereocenters. The zero-order valence-corrected chi connectivity index (χ0v) is 13.5. The average Bonchev–Trinajstić information content (AvgIpc) is 2.89. The zero-order chi connectivity index (χ0) is 15.7. The third-order valence-electron chi connectivity index (χ3n) is 4.59. The molecule has 1 amide bonds. The van der Waals surface area contributed by atoms with E-state index in [0.717, 1.165) is 48.3 Å². The number of hydrogen-bond acceptors (Lipinski definition) is 3. The molecule has 22 heavy (non-hydrogen) atoms. The lowest BCUT2D eigenvalue weighted by molar-refractivity contribution is -0.884. The third kappa shape index (κ3) is 3.00. The van der Waals surface area contributed by atoms with Crippen molar-refractivity contribution in [1.29, 1.82) is 0 Å². The number of carbonyl (C=O) groups is 1. The lowest BCUT2D eigenvalue weighted by Gasteiger charge is -2.30. The Morgan fingerprint density at radius 2 is 2.05 bits per heavy atom. The van der Waals surface area contributed by atoms with Crippen molar-refractivity contribution in [2.75, 3.05) is 33.2 Å². The number of benzene rings is 1. The molecule has 0 radical (unpaired) electrons. The van der Waals surface area contributed by atoms with E-state index in [1.54, 1.807) is 6.26 Å². The Labute approximate surface area is 130 Å². The maximum absolute atomic E-state index is 12.3. The van der Waals surface area contributed by atoms with E-state index in [2.05, 4.69) is 32.4 Å². The Hall–Kier alpha value is -1.85. The average molecular weight is 302 g/mol. The summed E-state index contributed by atoms with van der Waals surface area (Å²) in [5.74, 6) is 0.0282. The molecule has 0 saturated carbocycles. The van der Waals surface area contributed by atoms with E-state index in [1.165, 1.54) is 10.5 Å². The van der Waals surface area contributed by atoms with Gasteiger partial charge in [-0.3, -0.25) is 10.2 Å². The SMILES string of the molecule is Cc1ccc2c(CC(=O)NN3CC[NH+](C)CC3)coc2c1C. The Balaban J connectivity index is 1.68. The molecule has 3 rings (SSSR count). The van der Waals surface area contributed by atoms with Crippen LogP contribution in [0.15, 0.2) is 22.8 Å². The molecular formula is C17H24N3O2+. The van der Waals surface area contributed by atoms with Crippen molar-refractivity contribution in [3.05, 3.63) is 35.1 Å². The van der Waals surface area contributed by atoms with Gasteiger partial charge in [-0.2, -0.15) is 0 Å². The Morgan fingerprint density at radius 3 is 2.77 bits per heavy atom. The summed E-state index contributed by atoms with van der Waals surface area (Å²) in [5, 5.41) is 3.06. The molecule has 0 bridgehead atoms. The van der Waals surface area contributed by atoms with Gasteiger partial charge in [-0.15, -0.1) is 0 Å². The fourth-order valence-corrected chi connectivity index (χ4v) is 2.91. The van der Waals surface area contributed by atoms with Gasteiger partial charge in [0.2, 0.25) is 5.91 Å². The first-order valence-electron chi connectivity index (χ1n) is 7.86. The van der Waals surface area contributed by atoms with E-state index in [9.17, 15) is 4.79 Å². The predicted molar refractivity (Wildman–Crippen MR) is 85.7 cm³/mol. The van der Waals surface area contributed by atoms with Gasteiger partial charge in [-0.05, 0) is 25.0 Å². The van der Waals surface area contributed by atoms with Crippen LogP contribution in [0, 0.1) is 13.8 Å². The molecule has 1 saturated heterocycles. The summed E-state index contributed by atoms with van der Waals surface area (Å²) in [6.45, 7) is 8.06. The van der Waals surface area contributed by atoms with Crippen molar-refractivity contribution in [1.82, 2.24) is 10.4 Å². The number of hydrogen-bond donors (Lipinski definition) is 2. The molecule has 2 aromatic rings. The van der Waals surface area contributed by atoms with E-state index >= 15 is 0 Å². The van der Waals surface area contributed by atoms with E-state index in [1.807, 2.05) is 11.1 Å². The quantitative estimate of drug-likeness (QED) is 0.866. The van der Waals surface area contributed by atoms with Crippen LogP contribution in [0.5, 0.6) is 0 Å². The van der Waals surface area contributed by atoms with Gasteiger partial charge in [0, 0.05) is 10.9 Å². The van der Waals surface area contributed by atoms with Gasteiger partial charge in [0.15, 0.2) is 0 Å². The van der Waals surface area contributed by atoms with Crippen LogP contribution in [-0.4, -0.2) is 44.1 Å². The molecule has 1 aromatic heterocycles. The highest BCUT2D eigenvalue weighted by atomic mass is 16.3. The minimum absolute atomic E-state index is 0.0282. The first kappa shape index (κ1) is 15.1. The summed E-state index contributed by atoms with van der Waals surface area (Å²) in [6.07, 6.45) is 2.07. The molecule has 1 aliphatic heterocycles. The number of furan rings is 1. The summed E-state index contributed by atoms with van der Waals surface area (Å²) in [7, 11) is 2.18. The summed E-state index contributed by atoms with van der Waals surface area (Å²) in [4.78, 5) is 13.8. The standard InChI is InChI=1S/C17H23N3O2/c1-12-4-5-15-14(11-22-17(15)13(12)2)10-16(21)18-20-8-6-19(3)7-9-20/h4-5,11H,6-10H2,1-3H3,(H,18,21)/p+1. The molecule has 118 valence electrons. The lowest BCUT2D eigenvalue weighted by Crippen LogP contribution is -3.12. The highest BCUT2D eigenvalue weighted by Crippen LogP contribution is 2.26. The minimum Gasteiger partial charge on any atom is -0.464 e. The van der Waals surface area contributed by atoms with Gasteiger partial charge in [-0.1, -0.05) is 12.1 Å². The molecule has 1 aliphatic rings. The normalized spacial score (nSPS) is 17.0. The second kappa shape index (κ2) is 6.10. The molecular weight excluding hydrogens is 278 g/mol. The molecule has 1 aromatic carbocycles. The van der Waals surface area contributed by atoms with Crippen LogP contribution in [0.25, 0.3) is 11.0 Å². The van der Waals surface area contributed by atoms with Crippen molar-refractivity contribution in [2.24, 2.45) is 0 Å². The minimum atomic E-state index is 0.0282. The Kier molecular flexibility index (Phi) is 4.18. The van der Waals surface area contributed by atoms with Crippen LogP contribution >= 0.6 is 0 Å². The largest absolute Gasteiger partial charge is 0.464 e. The topological polar surface area (TPSA) is 49.9 Å². The summed E-state index contributed by atoms with van der Waals surface area (Å²) in [6, 6.07) is 4.13. The van der Waals surface area contributed by atoms with Crippen molar-refractivity contribution in [3.8, 4) is 0 Å². The van der Waals surface area contributed by atoms with E-state index in [-0.39, 0.29) is 5.91 Å². The smallest absolute Gasteiger partial charge is 0.238 e. The molecule has 5 nitrogen and oxygen atoms in total. The lowest BCUT2D eigenvalue weighted by atomic mass is 10.0. The number of nitrogens with zero attached hydrogens (tertiary/aromatic N) is 1. The summed E-state index contributed by atoms with van der Waals surface area (Å²) < 4.78 is 5.67. The first-order chi connectivity index (χ1) is 10.5. The maximum atomic E-state index is 12.3. The fraction of sp³-hybridized carbons (Fsp3) is 0.471. The zero-order valence-electron chi connectivity index (χ0n) is 13.5. The van der Waals surface area contributed by atoms with Gasteiger partial charge < -0.3 is 9.32 Å². The molecule has 0 aliphatic carbocycles. The Morgan fingerprint density at radius 1 is 1.32 bits per heavy atom. The molecule has 0 unspecified atom stereocenters. The molecule has 2 heterocycles. The predicted octanol–water partition coefficient (Wildman–Crippen LogP) is 0.454. The highest BCUT2D eigenvalue weighted by molar-refractivity contribution is 5.89. The number of aryl methyl sites for hydroxylation is 2. The van der Waals surface area contributed by atoms with E-state index < -0.39 is 0 Å². The monoisotopic (exact) mass is 302 g/mol. The van der Waals surface area contributed by atoms with Crippen molar-refractivity contribution < 1.29 is 14.1 Å². The van der Waals surface area contributed by atoms with Crippen LogP contribution in [0.1, 0.15) is 16.7 Å². The van der Waals surface area contributed by atoms with Crippen LogP contribution < -0.4 is 10.3 Å². The number of rotatable bonds is 3. The summed E-state index contributed by atoms with van der Waals surface area (Å²) in [5.41, 5.74) is 7.21. The van der Waals surface area contributed by atoms with Gasteiger partial charge in [0.05, 0.1) is 45.9 Å². The van der Waals surface area contributed by atoms with Gasteiger partial charge in [0.1, 0.15) is 5.58 Å². The van der Waals surface area contributed by atoms with Crippen LogP contribution in [0.4, 0.5) is 0 Å². The fourth-order valence-electron chi connectivity index (χ4n) is 2.91. The number of quaternary nitrogens is 1. The molecule has 0 spiro atoms. The van der Waals surface area contributed by atoms with Crippen molar-refractivity contribution in [3.63, 3.8) is 0 Å². The van der Waals surface area contributed by atoms with Crippen molar-refractivity contribution >= 4 is 16.9 Å². The van der Waals surface area contributed by atoms with E-state index in [4.69, 9.17) is 4.42 Å². The maximum Gasteiger partial charge on any atom is 0.238 e. The van der Waals surface area contributed by atoms with Gasteiger partial charge >= 0.3 is 0 Å². The van der Waals surface area contributed by atoms with Crippen LogP contribution in [0.2, 0.25) is 0 Å². The summed E-state index contributed by atoms with van der Waals surface area (Å²) >= 11 is 0. The molecule has 2 N–H and O–H groups in total. The second-order valence-electron chi connectivity index (χ2n) is 6.30. The van der Waals surface area contributed by atoms with Gasteiger partial charge in [0.25, 0.3) is 0 Å². The first-order valence-corrected chi connectivity index (χ1v) is 7.86. The number of piperazine rings is 1. The molecule has 1 fully saturated rings. The third-order valence-corrected chi connectivity index (χ3v) is 4.59. The van der Waals surface area contributed by atoms with E-state index in [0.29, 0.717) is 6.42 Å². The second-order valence-corrected chi connectivity index (χ2v) is 6.30. The highest BCUT2D eigenvalue weighted by Gasteiger charge is 2.19. The molecule has 5 heteroatoms. The van der Waals surface area contributed by atoms with Gasteiger partial charge in [-0.25, -0.2) is 5.01 Å². The van der Waals surface area contributed by atoms with Crippen LogP contribution in [0.3, 0.4) is 0 Å².